The highest BCUT2D eigenvalue weighted by molar-refractivity contribution is 5.04. The van der Waals surface area contributed by atoms with Crippen molar-refractivity contribution in [3.63, 3.8) is 0 Å². The zero-order chi connectivity index (χ0) is 13.5. The maximum atomic E-state index is 6.32. The zero-order valence-corrected chi connectivity index (χ0v) is 12.5. The summed E-state index contributed by atoms with van der Waals surface area (Å²) >= 11 is 0. The van der Waals surface area contributed by atoms with Crippen LogP contribution in [0.4, 0.5) is 0 Å². The first-order valence-electron chi connectivity index (χ1n) is 8.17. The van der Waals surface area contributed by atoms with Crippen molar-refractivity contribution in [3.05, 3.63) is 0 Å². The van der Waals surface area contributed by atoms with Crippen LogP contribution in [-0.2, 0) is 4.74 Å². The van der Waals surface area contributed by atoms with Crippen LogP contribution in [-0.4, -0.2) is 30.8 Å². The van der Waals surface area contributed by atoms with Gasteiger partial charge in [0.2, 0.25) is 0 Å². The average molecular weight is 266 g/mol. The first-order valence-corrected chi connectivity index (χ1v) is 8.17. The molecule has 3 N–H and O–H groups in total. The Morgan fingerprint density at radius 2 is 1.32 bits per heavy atom. The summed E-state index contributed by atoms with van der Waals surface area (Å²) in [5.41, 5.74) is 6.62. The van der Waals surface area contributed by atoms with Gasteiger partial charge >= 0.3 is 0 Å². The van der Waals surface area contributed by atoms with Gasteiger partial charge in [-0.2, -0.15) is 0 Å². The van der Waals surface area contributed by atoms with E-state index in [1.807, 2.05) is 0 Å². The Bertz CT molecular complexity index is 275. The van der Waals surface area contributed by atoms with Crippen molar-refractivity contribution < 1.29 is 4.74 Å². The highest BCUT2D eigenvalue weighted by Crippen LogP contribution is 2.54. The summed E-state index contributed by atoms with van der Waals surface area (Å²) in [5, 5.41) is 3.26. The summed E-state index contributed by atoms with van der Waals surface area (Å²) in [6, 6.07) is 0. The van der Waals surface area contributed by atoms with Crippen molar-refractivity contribution in [2.75, 3.05) is 13.1 Å². The molecule has 0 aromatic carbocycles. The first-order chi connectivity index (χ1) is 9.02. The lowest BCUT2D eigenvalue weighted by molar-refractivity contribution is -0.0166. The fraction of sp³-hybridized carbons (Fsp3) is 1.00. The molecule has 0 spiro atoms. The van der Waals surface area contributed by atoms with E-state index in [-0.39, 0.29) is 0 Å². The second-order valence-electron chi connectivity index (χ2n) is 7.70. The Hall–Kier alpha value is -0.120. The normalized spacial score (nSPS) is 51.6. The number of morpholine rings is 1. The van der Waals surface area contributed by atoms with E-state index in [1.54, 1.807) is 0 Å². The number of hydrogen-bond donors (Lipinski definition) is 2. The Balaban J connectivity index is 0.000000123. The summed E-state index contributed by atoms with van der Waals surface area (Å²) in [4.78, 5) is 0. The topological polar surface area (TPSA) is 47.3 Å². The van der Waals surface area contributed by atoms with Crippen LogP contribution in [0.2, 0.25) is 0 Å². The smallest absolute Gasteiger partial charge is 0.0675 e. The minimum absolute atomic E-state index is 0.300. The minimum atomic E-state index is 0.300. The fourth-order valence-electron chi connectivity index (χ4n) is 5.16. The molecule has 5 aliphatic rings. The van der Waals surface area contributed by atoms with Gasteiger partial charge in [-0.05, 0) is 70.1 Å². The molecule has 3 nitrogen and oxygen atoms in total. The van der Waals surface area contributed by atoms with E-state index in [2.05, 4.69) is 19.2 Å². The van der Waals surface area contributed by atoms with Gasteiger partial charge in [-0.3, -0.25) is 0 Å². The fourth-order valence-corrected chi connectivity index (χ4v) is 5.16. The second kappa shape index (κ2) is 5.34. The largest absolute Gasteiger partial charge is 0.373 e. The van der Waals surface area contributed by atoms with Crippen LogP contribution in [0.25, 0.3) is 0 Å². The van der Waals surface area contributed by atoms with Crippen molar-refractivity contribution in [2.24, 2.45) is 23.5 Å². The molecule has 4 aliphatic carbocycles. The van der Waals surface area contributed by atoms with Gasteiger partial charge in [-0.15, -0.1) is 0 Å². The molecule has 19 heavy (non-hydrogen) atoms. The van der Waals surface area contributed by atoms with E-state index in [0.717, 1.165) is 30.8 Å². The third-order valence-electron chi connectivity index (χ3n) is 5.41. The third kappa shape index (κ3) is 3.32. The van der Waals surface area contributed by atoms with Gasteiger partial charge < -0.3 is 15.8 Å². The van der Waals surface area contributed by atoms with Gasteiger partial charge in [0, 0.05) is 18.6 Å². The minimum Gasteiger partial charge on any atom is -0.373 e. The van der Waals surface area contributed by atoms with E-state index in [4.69, 9.17) is 10.5 Å². The average Bonchev–Trinajstić information content (AvgIpc) is 2.25. The Morgan fingerprint density at radius 1 is 0.895 bits per heavy atom. The highest BCUT2D eigenvalue weighted by Gasteiger charge is 2.48. The zero-order valence-electron chi connectivity index (χ0n) is 12.5. The molecule has 3 heteroatoms. The summed E-state index contributed by atoms with van der Waals surface area (Å²) in [7, 11) is 0. The Morgan fingerprint density at radius 3 is 1.58 bits per heavy atom. The number of nitrogens with one attached hydrogen (secondary N) is 1. The Labute approximate surface area is 117 Å². The van der Waals surface area contributed by atoms with Crippen LogP contribution in [0.15, 0.2) is 0 Å². The molecule has 4 bridgehead atoms. The molecular weight excluding hydrogens is 236 g/mol. The number of hydrogen-bond acceptors (Lipinski definition) is 3. The van der Waals surface area contributed by atoms with E-state index in [0.29, 0.717) is 17.7 Å². The quantitative estimate of drug-likeness (QED) is 0.707. The molecule has 0 radical (unpaired) electrons. The molecule has 0 aromatic heterocycles. The van der Waals surface area contributed by atoms with Gasteiger partial charge in [0.15, 0.2) is 0 Å². The molecule has 110 valence electrons. The van der Waals surface area contributed by atoms with Crippen LogP contribution in [0.1, 0.15) is 52.4 Å². The van der Waals surface area contributed by atoms with Crippen molar-refractivity contribution in [1.82, 2.24) is 5.32 Å². The standard InChI is InChI=1S/C10H17N.C6H13NO/c11-10-4-7-1-8(5-10)3-9(2-7)6-10;1-5-3-7-4-6(2)8-5/h7-9H,1-6,11H2;5-7H,3-4H2,1-2H3. The lowest BCUT2D eigenvalue weighted by atomic mass is 9.53. The van der Waals surface area contributed by atoms with E-state index >= 15 is 0 Å². The molecular formula is C16H30N2O. The van der Waals surface area contributed by atoms with Crippen LogP contribution in [0.5, 0.6) is 0 Å². The molecule has 1 saturated heterocycles. The van der Waals surface area contributed by atoms with Gasteiger partial charge in [-0.25, -0.2) is 0 Å². The molecule has 4 saturated carbocycles. The lowest BCUT2D eigenvalue weighted by Gasteiger charge is -2.55. The van der Waals surface area contributed by atoms with Gasteiger partial charge in [0.1, 0.15) is 0 Å². The predicted molar refractivity (Wildman–Crippen MR) is 78.0 cm³/mol. The van der Waals surface area contributed by atoms with Crippen molar-refractivity contribution in [3.8, 4) is 0 Å². The molecule has 2 atom stereocenters. The monoisotopic (exact) mass is 266 g/mol. The second-order valence-corrected chi connectivity index (χ2v) is 7.70. The molecule has 1 heterocycles. The molecule has 1 aliphatic heterocycles. The number of nitrogens with two attached hydrogens (primary N) is 1. The lowest BCUT2D eigenvalue weighted by Crippen LogP contribution is -2.55. The molecule has 0 aromatic rings. The van der Waals surface area contributed by atoms with Crippen LogP contribution < -0.4 is 11.1 Å². The van der Waals surface area contributed by atoms with E-state index in [1.165, 1.54) is 38.5 Å². The Kier molecular flexibility index (Phi) is 3.89. The highest BCUT2D eigenvalue weighted by atomic mass is 16.5. The number of rotatable bonds is 0. The van der Waals surface area contributed by atoms with Gasteiger partial charge in [0.05, 0.1) is 12.2 Å². The van der Waals surface area contributed by atoms with Crippen molar-refractivity contribution >= 4 is 0 Å². The maximum absolute atomic E-state index is 6.32. The van der Waals surface area contributed by atoms with E-state index < -0.39 is 0 Å². The molecule has 2 unspecified atom stereocenters. The number of ether oxygens (including phenoxy) is 1. The summed E-state index contributed by atoms with van der Waals surface area (Å²) < 4.78 is 5.42. The van der Waals surface area contributed by atoms with Crippen LogP contribution in [0.3, 0.4) is 0 Å². The predicted octanol–water partition coefficient (Wildman–Crippen LogP) is 2.30. The van der Waals surface area contributed by atoms with Crippen LogP contribution in [0, 0.1) is 17.8 Å². The SMILES string of the molecule is CC1CNCC(C)O1.NC12CC3CC(CC(C3)C1)C2. The van der Waals surface area contributed by atoms with Gasteiger partial charge in [0.25, 0.3) is 0 Å². The molecule has 5 rings (SSSR count). The van der Waals surface area contributed by atoms with Gasteiger partial charge in [-0.1, -0.05) is 0 Å². The summed E-state index contributed by atoms with van der Waals surface area (Å²) in [6.45, 7) is 6.18. The molecule has 5 fully saturated rings. The third-order valence-corrected chi connectivity index (χ3v) is 5.41. The van der Waals surface area contributed by atoms with Crippen molar-refractivity contribution in [1.29, 1.82) is 0 Å². The van der Waals surface area contributed by atoms with Crippen LogP contribution >= 0.6 is 0 Å². The summed E-state index contributed by atoms with van der Waals surface area (Å²) in [5.74, 6) is 3.06. The first kappa shape index (κ1) is 13.8. The maximum Gasteiger partial charge on any atom is 0.0675 e. The van der Waals surface area contributed by atoms with E-state index in [9.17, 15) is 0 Å². The van der Waals surface area contributed by atoms with Crippen molar-refractivity contribution in [2.45, 2.75) is 70.1 Å². The molecule has 0 amide bonds. The summed E-state index contributed by atoms with van der Waals surface area (Å²) in [6.07, 6.45) is 9.37.